The van der Waals surface area contributed by atoms with Gasteiger partial charge in [-0.05, 0) is 37.3 Å². The Morgan fingerprint density at radius 2 is 2.00 bits per heavy atom. The highest BCUT2D eigenvalue weighted by molar-refractivity contribution is 7.98. The second kappa shape index (κ2) is 7.44. The molecule has 0 amide bonds. The van der Waals surface area contributed by atoms with Gasteiger partial charge in [-0.3, -0.25) is 10.1 Å². The van der Waals surface area contributed by atoms with Gasteiger partial charge < -0.3 is 5.11 Å². The summed E-state index contributed by atoms with van der Waals surface area (Å²) < 4.78 is 0. The van der Waals surface area contributed by atoms with Crippen molar-refractivity contribution in [3.05, 3.63) is 29.8 Å². The van der Waals surface area contributed by atoms with Gasteiger partial charge in [0.2, 0.25) is 0 Å². The van der Waals surface area contributed by atoms with Crippen LogP contribution in [0.2, 0.25) is 0 Å². The van der Waals surface area contributed by atoms with Crippen molar-refractivity contribution in [2.24, 2.45) is 0 Å². The fourth-order valence-corrected chi connectivity index (χ4v) is 2.27. The summed E-state index contributed by atoms with van der Waals surface area (Å²) in [4.78, 5) is 12.3. The maximum atomic E-state index is 11.1. The topological polar surface area (TPSA) is 49.3 Å². The van der Waals surface area contributed by atoms with Crippen LogP contribution in [0.3, 0.4) is 0 Å². The molecule has 100 valence electrons. The van der Waals surface area contributed by atoms with Crippen LogP contribution in [0.5, 0.6) is 0 Å². The van der Waals surface area contributed by atoms with E-state index in [1.165, 1.54) is 4.90 Å². The third-order valence-electron chi connectivity index (χ3n) is 2.94. The molecule has 0 bridgehead atoms. The summed E-state index contributed by atoms with van der Waals surface area (Å²) in [5.74, 6) is -0.774. The van der Waals surface area contributed by atoms with E-state index in [0.29, 0.717) is 6.42 Å². The van der Waals surface area contributed by atoms with Crippen LogP contribution >= 0.6 is 11.8 Å². The van der Waals surface area contributed by atoms with Crippen LogP contribution in [0.15, 0.2) is 29.2 Å². The summed E-state index contributed by atoms with van der Waals surface area (Å²) in [5.41, 5.74) is 1.12. The van der Waals surface area contributed by atoms with Crippen LogP contribution in [0.1, 0.15) is 38.3 Å². The highest BCUT2D eigenvalue weighted by atomic mass is 32.2. The summed E-state index contributed by atoms with van der Waals surface area (Å²) >= 11 is 1.70. The van der Waals surface area contributed by atoms with Gasteiger partial charge in [-0.2, -0.15) is 0 Å². The smallest absolute Gasteiger partial charge is 0.320 e. The van der Waals surface area contributed by atoms with Gasteiger partial charge in [-0.25, -0.2) is 0 Å². The van der Waals surface area contributed by atoms with E-state index >= 15 is 0 Å². The molecule has 0 saturated carbocycles. The number of carboxylic acid groups (broad SMARTS) is 1. The molecule has 3 nitrogen and oxygen atoms in total. The maximum absolute atomic E-state index is 11.1. The van der Waals surface area contributed by atoms with E-state index < -0.39 is 12.0 Å². The molecule has 1 rings (SSSR count). The Labute approximate surface area is 113 Å². The number of carbonyl (C=O) groups is 1. The number of aliphatic carboxylic acids is 1. The van der Waals surface area contributed by atoms with E-state index in [9.17, 15) is 4.79 Å². The van der Waals surface area contributed by atoms with Crippen molar-refractivity contribution in [2.75, 3.05) is 6.26 Å². The summed E-state index contributed by atoms with van der Waals surface area (Å²) in [7, 11) is 0. The lowest BCUT2D eigenvalue weighted by Gasteiger charge is -2.20. The van der Waals surface area contributed by atoms with Gasteiger partial charge in [0.1, 0.15) is 6.04 Å². The van der Waals surface area contributed by atoms with Gasteiger partial charge in [-0.1, -0.05) is 25.5 Å². The van der Waals surface area contributed by atoms with Crippen molar-refractivity contribution in [2.45, 2.75) is 43.7 Å². The highest BCUT2D eigenvalue weighted by Gasteiger charge is 2.18. The molecule has 4 heteroatoms. The minimum absolute atomic E-state index is 0.0496. The first-order chi connectivity index (χ1) is 8.58. The Bertz CT molecular complexity index is 378. The summed E-state index contributed by atoms with van der Waals surface area (Å²) in [5, 5.41) is 12.3. The lowest BCUT2D eigenvalue weighted by Crippen LogP contribution is -2.38. The molecule has 1 aromatic carbocycles. The number of nitrogens with one attached hydrogen (secondary N) is 1. The molecule has 0 fully saturated rings. The lowest BCUT2D eigenvalue weighted by molar-refractivity contribution is -0.139. The first-order valence-corrected chi connectivity index (χ1v) is 7.43. The zero-order chi connectivity index (χ0) is 13.5. The first-order valence-electron chi connectivity index (χ1n) is 6.21. The molecule has 0 spiro atoms. The van der Waals surface area contributed by atoms with Crippen LogP contribution in [-0.4, -0.2) is 23.4 Å². The van der Waals surface area contributed by atoms with Crippen molar-refractivity contribution < 1.29 is 9.90 Å². The average molecular weight is 267 g/mol. The molecule has 0 heterocycles. The van der Waals surface area contributed by atoms with Crippen molar-refractivity contribution >= 4 is 17.7 Å². The predicted molar refractivity (Wildman–Crippen MR) is 76.1 cm³/mol. The van der Waals surface area contributed by atoms with Crippen LogP contribution in [0.25, 0.3) is 0 Å². The Morgan fingerprint density at radius 3 is 2.44 bits per heavy atom. The second-order valence-electron chi connectivity index (χ2n) is 4.34. The van der Waals surface area contributed by atoms with Gasteiger partial charge in [-0.15, -0.1) is 11.8 Å². The van der Waals surface area contributed by atoms with Gasteiger partial charge in [0, 0.05) is 10.9 Å². The molecular formula is C14H21NO2S. The minimum Gasteiger partial charge on any atom is -0.480 e. The van der Waals surface area contributed by atoms with Crippen molar-refractivity contribution in [3.63, 3.8) is 0 Å². The number of hydrogen-bond donors (Lipinski definition) is 2. The summed E-state index contributed by atoms with van der Waals surface area (Å²) in [6.07, 6.45) is 3.56. The Kier molecular flexibility index (Phi) is 6.22. The Morgan fingerprint density at radius 1 is 1.39 bits per heavy atom. The molecule has 0 aliphatic rings. The van der Waals surface area contributed by atoms with Gasteiger partial charge in [0.05, 0.1) is 0 Å². The van der Waals surface area contributed by atoms with Gasteiger partial charge in [0.15, 0.2) is 0 Å². The maximum Gasteiger partial charge on any atom is 0.320 e. The van der Waals surface area contributed by atoms with E-state index in [4.69, 9.17) is 5.11 Å². The van der Waals surface area contributed by atoms with Crippen LogP contribution < -0.4 is 5.32 Å². The van der Waals surface area contributed by atoms with E-state index in [-0.39, 0.29) is 6.04 Å². The van der Waals surface area contributed by atoms with Crippen molar-refractivity contribution in [1.29, 1.82) is 0 Å². The molecule has 0 saturated heterocycles. The quantitative estimate of drug-likeness (QED) is 0.744. The lowest BCUT2D eigenvalue weighted by atomic mass is 10.1. The van der Waals surface area contributed by atoms with E-state index in [2.05, 4.69) is 17.4 Å². The number of benzene rings is 1. The number of carboxylic acids is 1. The standard InChI is InChI=1S/C14H21NO2S/c1-4-5-13(14(16)17)15-10(2)11-6-8-12(18-3)9-7-11/h6-10,13,15H,4-5H2,1-3H3,(H,16,17). The first kappa shape index (κ1) is 15.1. The summed E-state index contributed by atoms with van der Waals surface area (Å²) in [6.45, 7) is 4.00. The third kappa shape index (κ3) is 4.35. The van der Waals surface area contributed by atoms with Crippen LogP contribution in [0, 0.1) is 0 Å². The normalized spacial score (nSPS) is 14.2. The molecule has 1 aromatic rings. The predicted octanol–water partition coefficient (Wildman–Crippen LogP) is 3.31. The van der Waals surface area contributed by atoms with Crippen molar-refractivity contribution in [1.82, 2.24) is 5.32 Å². The van der Waals surface area contributed by atoms with E-state index in [0.717, 1.165) is 12.0 Å². The Balaban J connectivity index is 2.67. The molecule has 18 heavy (non-hydrogen) atoms. The SMILES string of the molecule is CCCC(NC(C)c1ccc(SC)cc1)C(=O)O. The van der Waals surface area contributed by atoms with E-state index in [1.54, 1.807) is 11.8 Å². The monoisotopic (exact) mass is 267 g/mol. The average Bonchev–Trinajstić information content (AvgIpc) is 2.38. The molecule has 0 aliphatic carbocycles. The van der Waals surface area contributed by atoms with Gasteiger partial charge in [0.25, 0.3) is 0 Å². The number of thioether (sulfide) groups is 1. The molecule has 0 aromatic heterocycles. The second-order valence-corrected chi connectivity index (χ2v) is 5.22. The molecular weight excluding hydrogens is 246 g/mol. The number of hydrogen-bond acceptors (Lipinski definition) is 3. The molecule has 0 aliphatic heterocycles. The highest BCUT2D eigenvalue weighted by Crippen LogP contribution is 2.19. The summed E-state index contributed by atoms with van der Waals surface area (Å²) in [6, 6.07) is 7.81. The molecule has 2 unspecified atom stereocenters. The molecule has 0 radical (unpaired) electrons. The third-order valence-corrected chi connectivity index (χ3v) is 3.69. The minimum atomic E-state index is -0.774. The van der Waals surface area contributed by atoms with E-state index in [1.807, 2.05) is 32.2 Å². The fraction of sp³-hybridized carbons (Fsp3) is 0.500. The van der Waals surface area contributed by atoms with Crippen LogP contribution in [-0.2, 0) is 4.79 Å². The van der Waals surface area contributed by atoms with Gasteiger partial charge >= 0.3 is 5.97 Å². The Hall–Kier alpha value is -1.00. The molecule has 2 N–H and O–H groups in total. The zero-order valence-corrected chi connectivity index (χ0v) is 12.0. The van der Waals surface area contributed by atoms with Crippen LogP contribution in [0.4, 0.5) is 0 Å². The number of rotatable bonds is 7. The molecule has 2 atom stereocenters. The zero-order valence-electron chi connectivity index (χ0n) is 11.1. The largest absolute Gasteiger partial charge is 0.480 e. The fourth-order valence-electron chi connectivity index (χ4n) is 1.86. The van der Waals surface area contributed by atoms with Crippen molar-refractivity contribution in [3.8, 4) is 0 Å².